The van der Waals surface area contributed by atoms with Gasteiger partial charge in [-0.3, -0.25) is 4.79 Å². The highest BCUT2D eigenvalue weighted by Crippen LogP contribution is 2.38. The fourth-order valence-electron chi connectivity index (χ4n) is 3.70. The smallest absolute Gasteiger partial charge is 0.350 e. The molecule has 9 heteroatoms. The lowest BCUT2D eigenvalue weighted by Crippen LogP contribution is -2.21. The summed E-state index contributed by atoms with van der Waals surface area (Å²) in [4.78, 5) is 25.4. The maximum Gasteiger partial charge on any atom is 0.350 e. The second-order valence-electron chi connectivity index (χ2n) is 7.38. The number of thiophene rings is 1. The highest BCUT2D eigenvalue weighted by Gasteiger charge is 2.21. The van der Waals surface area contributed by atoms with Crippen LogP contribution in [-0.2, 0) is 9.53 Å². The first-order valence-electron chi connectivity index (χ1n) is 10.2. The van der Waals surface area contributed by atoms with Crippen LogP contribution in [-0.4, -0.2) is 32.7 Å². The fraction of sp³-hybridized carbons (Fsp3) is 0.120. The van der Waals surface area contributed by atoms with Gasteiger partial charge in [-0.1, -0.05) is 29.8 Å². The summed E-state index contributed by atoms with van der Waals surface area (Å²) in [5.74, 6) is -0.0960. The van der Waals surface area contributed by atoms with Gasteiger partial charge in [-0.25, -0.2) is 4.79 Å². The molecule has 0 radical (unpaired) electrons. The van der Waals surface area contributed by atoms with Gasteiger partial charge in [-0.05, 0) is 30.3 Å². The molecule has 2 heterocycles. The second-order valence-corrected chi connectivity index (χ2v) is 8.81. The molecule has 0 aliphatic heterocycles. The number of benzene rings is 3. The van der Waals surface area contributed by atoms with E-state index in [1.807, 2.05) is 24.3 Å². The van der Waals surface area contributed by atoms with E-state index >= 15 is 0 Å². The second kappa shape index (κ2) is 8.89. The van der Waals surface area contributed by atoms with Crippen molar-refractivity contribution in [3.63, 3.8) is 0 Å². The summed E-state index contributed by atoms with van der Waals surface area (Å²) in [6.45, 7) is -0.492. The molecule has 0 aliphatic rings. The zero-order valence-corrected chi connectivity index (χ0v) is 19.7. The number of methoxy groups -OCH3 is 2. The molecule has 0 atom stereocenters. The Morgan fingerprint density at radius 3 is 2.59 bits per heavy atom. The van der Waals surface area contributed by atoms with Crippen molar-refractivity contribution < 1.29 is 28.2 Å². The Kier molecular flexibility index (Phi) is 5.77. The highest BCUT2D eigenvalue weighted by atomic mass is 35.5. The summed E-state index contributed by atoms with van der Waals surface area (Å²) < 4.78 is 22.5. The van der Waals surface area contributed by atoms with Gasteiger partial charge < -0.3 is 23.9 Å². The average molecular weight is 496 g/mol. The molecule has 2 aromatic heterocycles. The van der Waals surface area contributed by atoms with Crippen molar-refractivity contribution >= 4 is 72.5 Å². The number of fused-ring (bicyclic) bond motifs is 4. The van der Waals surface area contributed by atoms with Crippen LogP contribution in [0.4, 0.5) is 5.69 Å². The van der Waals surface area contributed by atoms with E-state index in [2.05, 4.69) is 5.32 Å². The number of hydrogen-bond donors (Lipinski definition) is 1. The summed E-state index contributed by atoms with van der Waals surface area (Å²) >= 11 is 7.54. The van der Waals surface area contributed by atoms with Crippen LogP contribution in [0.25, 0.3) is 32.0 Å². The number of amides is 1. The molecule has 7 nitrogen and oxygen atoms in total. The number of hydrogen-bond acceptors (Lipinski definition) is 7. The first-order chi connectivity index (χ1) is 16.5. The minimum atomic E-state index is -0.681. The summed E-state index contributed by atoms with van der Waals surface area (Å²) in [7, 11) is 3.07. The van der Waals surface area contributed by atoms with E-state index in [-0.39, 0.29) is 9.90 Å². The van der Waals surface area contributed by atoms with Crippen LogP contribution in [0.5, 0.6) is 11.5 Å². The molecule has 34 heavy (non-hydrogen) atoms. The van der Waals surface area contributed by atoms with Crippen LogP contribution >= 0.6 is 22.9 Å². The van der Waals surface area contributed by atoms with Gasteiger partial charge in [0.1, 0.15) is 27.5 Å². The van der Waals surface area contributed by atoms with Crippen LogP contribution < -0.4 is 14.8 Å². The van der Waals surface area contributed by atoms with Crippen molar-refractivity contribution in [3.05, 3.63) is 64.5 Å². The maximum atomic E-state index is 12.6. The summed E-state index contributed by atoms with van der Waals surface area (Å²) in [5, 5.41) is 5.53. The van der Waals surface area contributed by atoms with Crippen molar-refractivity contribution in [1.82, 2.24) is 0 Å². The Labute approximate surface area is 202 Å². The number of rotatable bonds is 6. The number of carbonyl (C=O) groups excluding carboxylic acids is 2. The molecule has 1 amide bonds. The molecule has 0 bridgehead atoms. The lowest BCUT2D eigenvalue weighted by molar-refractivity contribution is -0.119. The molecule has 0 unspecified atom stereocenters. The predicted molar refractivity (Wildman–Crippen MR) is 133 cm³/mol. The van der Waals surface area contributed by atoms with Crippen LogP contribution in [0.2, 0.25) is 5.02 Å². The van der Waals surface area contributed by atoms with Crippen molar-refractivity contribution in [1.29, 1.82) is 0 Å². The molecular formula is C25H18ClNO6S. The predicted octanol–water partition coefficient (Wildman–Crippen LogP) is 6.27. The topological polar surface area (TPSA) is 87.0 Å². The fourth-order valence-corrected chi connectivity index (χ4v) is 5.14. The Morgan fingerprint density at radius 2 is 1.79 bits per heavy atom. The van der Waals surface area contributed by atoms with Gasteiger partial charge in [-0.15, -0.1) is 11.3 Å². The molecule has 0 fully saturated rings. The Balaban J connectivity index is 1.32. The Bertz CT molecular complexity index is 1570. The third kappa shape index (κ3) is 3.91. The van der Waals surface area contributed by atoms with E-state index in [1.165, 1.54) is 18.4 Å². The molecular weight excluding hydrogens is 478 g/mol. The quantitative estimate of drug-likeness (QED) is 0.279. The molecule has 0 saturated heterocycles. The average Bonchev–Trinajstić information content (AvgIpc) is 3.38. The summed E-state index contributed by atoms with van der Waals surface area (Å²) in [6.07, 6.45) is 0. The van der Waals surface area contributed by atoms with Crippen molar-refractivity contribution in [2.45, 2.75) is 0 Å². The number of carbonyl (C=O) groups is 2. The summed E-state index contributed by atoms with van der Waals surface area (Å²) in [6, 6.07) is 16.4. The molecule has 0 aliphatic carbocycles. The van der Waals surface area contributed by atoms with Gasteiger partial charge in [0.05, 0.1) is 24.9 Å². The number of esters is 1. The van der Waals surface area contributed by atoms with E-state index < -0.39 is 18.5 Å². The Morgan fingerprint density at radius 1 is 0.971 bits per heavy atom. The van der Waals surface area contributed by atoms with Crippen LogP contribution in [0, 0.1) is 0 Å². The van der Waals surface area contributed by atoms with Gasteiger partial charge in [0.2, 0.25) is 0 Å². The van der Waals surface area contributed by atoms with E-state index in [4.69, 9.17) is 30.2 Å². The minimum Gasteiger partial charge on any atom is -0.497 e. The van der Waals surface area contributed by atoms with Gasteiger partial charge >= 0.3 is 5.97 Å². The van der Waals surface area contributed by atoms with E-state index in [1.54, 1.807) is 37.4 Å². The van der Waals surface area contributed by atoms with Crippen molar-refractivity contribution in [2.24, 2.45) is 0 Å². The molecule has 5 rings (SSSR count). The lowest BCUT2D eigenvalue weighted by Gasteiger charge is -2.10. The monoisotopic (exact) mass is 495 g/mol. The number of nitrogens with one attached hydrogen (secondary N) is 1. The normalized spacial score (nSPS) is 11.1. The van der Waals surface area contributed by atoms with Gasteiger partial charge in [0.15, 0.2) is 6.61 Å². The zero-order valence-electron chi connectivity index (χ0n) is 18.1. The van der Waals surface area contributed by atoms with Crippen LogP contribution in [0.1, 0.15) is 9.67 Å². The van der Waals surface area contributed by atoms with Crippen molar-refractivity contribution in [2.75, 3.05) is 26.1 Å². The standard InChI is InChI=1S/C25H18ClNO6S/c1-30-13-7-8-15-21(9-13)34-24(23(15)26)25(29)32-12-22(28)27-17-11-19-16(10-20(17)31-2)14-5-3-4-6-18(14)33-19/h3-11H,12H2,1-2H3,(H,27,28). The minimum absolute atomic E-state index is 0.221. The van der Waals surface area contributed by atoms with Crippen LogP contribution in [0.15, 0.2) is 59.0 Å². The Hall–Kier alpha value is -3.75. The number of furan rings is 1. The van der Waals surface area contributed by atoms with Gasteiger partial charge in [-0.2, -0.15) is 0 Å². The first-order valence-corrected chi connectivity index (χ1v) is 11.4. The number of anilines is 1. The van der Waals surface area contributed by atoms with E-state index in [0.717, 1.165) is 21.1 Å². The number of para-hydroxylation sites is 1. The first kappa shape index (κ1) is 22.1. The van der Waals surface area contributed by atoms with Crippen LogP contribution in [0.3, 0.4) is 0 Å². The zero-order chi connectivity index (χ0) is 23.8. The van der Waals surface area contributed by atoms with Gasteiger partial charge in [0, 0.05) is 26.9 Å². The van der Waals surface area contributed by atoms with Crippen molar-refractivity contribution in [3.8, 4) is 11.5 Å². The van der Waals surface area contributed by atoms with Gasteiger partial charge in [0.25, 0.3) is 5.91 Å². The third-order valence-corrected chi connectivity index (χ3v) is 6.97. The lowest BCUT2D eigenvalue weighted by atomic mass is 10.1. The molecule has 3 aromatic carbocycles. The molecule has 5 aromatic rings. The molecule has 172 valence electrons. The third-order valence-electron chi connectivity index (χ3n) is 5.33. The molecule has 1 N–H and O–H groups in total. The molecule has 0 saturated carbocycles. The largest absolute Gasteiger partial charge is 0.497 e. The summed E-state index contributed by atoms with van der Waals surface area (Å²) in [5.41, 5.74) is 1.73. The highest BCUT2D eigenvalue weighted by molar-refractivity contribution is 7.21. The number of halogens is 1. The van der Waals surface area contributed by atoms with E-state index in [0.29, 0.717) is 28.2 Å². The SMILES string of the molecule is COc1ccc2c(Cl)c(C(=O)OCC(=O)Nc3cc4oc5ccccc5c4cc3OC)sc2c1. The van der Waals surface area contributed by atoms with E-state index in [9.17, 15) is 9.59 Å². The molecule has 0 spiro atoms. The maximum absolute atomic E-state index is 12.6. The number of ether oxygens (including phenoxy) is 3.